The van der Waals surface area contributed by atoms with Gasteiger partial charge in [0.05, 0.1) is 16.3 Å². The second-order valence-electron chi connectivity index (χ2n) is 4.85. The Hall–Kier alpha value is -1.94. The lowest BCUT2D eigenvalue weighted by molar-refractivity contribution is -0.113. The number of hydrogen-bond acceptors (Lipinski definition) is 8. The SMILES string of the molecule is CCCc1nnc(SCC(=O)Nc2nc(C)c(C(C)=O)s2)n1N. The first-order valence-electron chi connectivity index (χ1n) is 7.02. The van der Waals surface area contributed by atoms with Gasteiger partial charge in [-0.05, 0) is 13.3 Å². The van der Waals surface area contributed by atoms with Crippen LogP contribution in [-0.4, -0.2) is 37.3 Å². The van der Waals surface area contributed by atoms with Gasteiger partial charge in [0.15, 0.2) is 16.7 Å². The lowest BCUT2D eigenvalue weighted by Crippen LogP contribution is -2.17. The summed E-state index contributed by atoms with van der Waals surface area (Å²) in [5, 5.41) is 11.5. The van der Waals surface area contributed by atoms with Crippen molar-refractivity contribution < 1.29 is 9.59 Å². The Bertz CT molecular complexity index is 724. The van der Waals surface area contributed by atoms with E-state index in [1.54, 1.807) is 6.92 Å². The molecule has 0 aliphatic carbocycles. The third-order valence-corrected chi connectivity index (χ3v) is 5.02. The molecule has 10 heteroatoms. The molecule has 0 spiro atoms. The average Bonchev–Trinajstić information content (AvgIpc) is 3.01. The molecule has 1 amide bonds. The molecule has 0 fully saturated rings. The van der Waals surface area contributed by atoms with Crippen LogP contribution < -0.4 is 11.2 Å². The van der Waals surface area contributed by atoms with Crippen LogP contribution >= 0.6 is 23.1 Å². The molecular formula is C13H18N6O2S2. The molecule has 0 aliphatic rings. The first-order valence-corrected chi connectivity index (χ1v) is 8.83. The number of thioether (sulfide) groups is 1. The second-order valence-corrected chi connectivity index (χ2v) is 6.79. The smallest absolute Gasteiger partial charge is 0.236 e. The Labute approximate surface area is 141 Å². The summed E-state index contributed by atoms with van der Waals surface area (Å²) in [6.07, 6.45) is 1.66. The number of anilines is 1. The Morgan fingerprint density at radius 2 is 2.13 bits per heavy atom. The zero-order valence-electron chi connectivity index (χ0n) is 13.1. The Morgan fingerprint density at radius 1 is 1.39 bits per heavy atom. The maximum Gasteiger partial charge on any atom is 0.236 e. The number of rotatable bonds is 7. The largest absolute Gasteiger partial charge is 0.336 e. The summed E-state index contributed by atoms with van der Waals surface area (Å²) in [5.74, 6) is 6.40. The molecule has 2 aromatic rings. The first kappa shape index (κ1) is 17.4. The van der Waals surface area contributed by atoms with E-state index in [1.165, 1.54) is 34.7 Å². The highest BCUT2D eigenvalue weighted by Crippen LogP contribution is 2.23. The molecule has 0 bridgehead atoms. The summed E-state index contributed by atoms with van der Waals surface area (Å²) >= 11 is 2.37. The van der Waals surface area contributed by atoms with E-state index in [0.717, 1.165) is 12.8 Å². The molecule has 2 aromatic heterocycles. The van der Waals surface area contributed by atoms with Gasteiger partial charge < -0.3 is 11.2 Å². The Kier molecular flexibility index (Phi) is 5.72. The molecule has 0 atom stereocenters. The number of nitrogens with two attached hydrogens (primary N) is 1. The van der Waals surface area contributed by atoms with E-state index in [1.807, 2.05) is 6.92 Å². The fourth-order valence-corrected chi connectivity index (χ4v) is 3.41. The van der Waals surface area contributed by atoms with Gasteiger partial charge in [0.1, 0.15) is 0 Å². The Morgan fingerprint density at radius 3 is 2.74 bits per heavy atom. The third-order valence-electron chi connectivity index (χ3n) is 2.90. The van der Waals surface area contributed by atoms with E-state index in [9.17, 15) is 9.59 Å². The van der Waals surface area contributed by atoms with Gasteiger partial charge in [0.25, 0.3) is 0 Å². The minimum Gasteiger partial charge on any atom is -0.336 e. The number of carbonyl (C=O) groups excluding carboxylic acids is 2. The number of thiazole rings is 1. The number of aromatic nitrogens is 4. The van der Waals surface area contributed by atoms with Crippen LogP contribution in [0.25, 0.3) is 0 Å². The number of nitrogens with zero attached hydrogens (tertiary/aromatic N) is 4. The van der Waals surface area contributed by atoms with Crippen molar-refractivity contribution in [1.82, 2.24) is 19.9 Å². The standard InChI is InChI=1S/C13H18N6O2S2/c1-4-5-9-17-18-13(19(9)14)22-6-10(21)16-12-15-7(2)11(23-12)8(3)20/h4-6,14H2,1-3H3,(H,15,16,21). The zero-order chi connectivity index (χ0) is 17.0. The van der Waals surface area contributed by atoms with E-state index in [2.05, 4.69) is 20.5 Å². The van der Waals surface area contributed by atoms with Crippen molar-refractivity contribution in [2.24, 2.45) is 0 Å². The fraction of sp³-hybridized carbons (Fsp3) is 0.462. The van der Waals surface area contributed by atoms with Gasteiger partial charge in [0.2, 0.25) is 11.1 Å². The van der Waals surface area contributed by atoms with Crippen LogP contribution in [0, 0.1) is 6.92 Å². The number of hydrogen-bond donors (Lipinski definition) is 2. The molecule has 0 aliphatic heterocycles. The average molecular weight is 354 g/mol. The van der Waals surface area contributed by atoms with Crippen molar-refractivity contribution >= 4 is 39.9 Å². The second kappa shape index (κ2) is 7.55. The lowest BCUT2D eigenvalue weighted by atomic mass is 10.3. The third kappa shape index (κ3) is 4.29. The number of carbonyl (C=O) groups is 2. The van der Waals surface area contributed by atoms with Gasteiger partial charge in [-0.15, -0.1) is 10.2 Å². The minimum atomic E-state index is -0.237. The van der Waals surface area contributed by atoms with Crippen LogP contribution in [0.4, 0.5) is 5.13 Å². The zero-order valence-corrected chi connectivity index (χ0v) is 14.8. The summed E-state index contributed by atoms with van der Waals surface area (Å²) in [6.45, 7) is 5.24. The highest BCUT2D eigenvalue weighted by molar-refractivity contribution is 7.99. The van der Waals surface area contributed by atoms with E-state index in [4.69, 9.17) is 5.84 Å². The maximum absolute atomic E-state index is 12.0. The van der Waals surface area contributed by atoms with Crippen molar-refractivity contribution in [3.05, 3.63) is 16.4 Å². The summed E-state index contributed by atoms with van der Waals surface area (Å²) in [5.41, 5.74) is 0.622. The number of amides is 1. The van der Waals surface area contributed by atoms with Crippen molar-refractivity contribution in [3.8, 4) is 0 Å². The van der Waals surface area contributed by atoms with Gasteiger partial charge in [0, 0.05) is 13.3 Å². The number of ketones is 1. The van der Waals surface area contributed by atoms with E-state index in [0.29, 0.717) is 26.7 Å². The summed E-state index contributed by atoms with van der Waals surface area (Å²) in [4.78, 5) is 28.1. The summed E-state index contributed by atoms with van der Waals surface area (Å²) in [6, 6.07) is 0. The van der Waals surface area contributed by atoms with Gasteiger partial charge >= 0.3 is 0 Å². The van der Waals surface area contributed by atoms with E-state index < -0.39 is 0 Å². The molecule has 124 valence electrons. The molecule has 0 radical (unpaired) electrons. The number of Topliss-reactive ketones (excluding diaryl/α,β-unsaturated/α-hetero) is 1. The predicted octanol–water partition coefficient (Wildman–Crippen LogP) is 1.64. The predicted molar refractivity (Wildman–Crippen MR) is 90.4 cm³/mol. The number of aryl methyl sites for hydroxylation is 2. The van der Waals surface area contributed by atoms with Crippen LogP contribution in [-0.2, 0) is 11.2 Å². The van der Waals surface area contributed by atoms with Crippen molar-refractivity contribution in [1.29, 1.82) is 0 Å². The molecule has 2 rings (SSSR count). The van der Waals surface area contributed by atoms with Crippen molar-refractivity contribution in [2.75, 3.05) is 16.9 Å². The van der Waals surface area contributed by atoms with Gasteiger partial charge in [-0.25, -0.2) is 9.66 Å². The molecule has 2 heterocycles. The van der Waals surface area contributed by atoms with E-state index >= 15 is 0 Å². The van der Waals surface area contributed by atoms with Crippen molar-refractivity contribution in [2.45, 2.75) is 38.8 Å². The van der Waals surface area contributed by atoms with E-state index in [-0.39, 0.29) is 17.4 Å². The fourth-order valence-electron chi connectivity index (χ4n) is 1.86. The maximum atomic E-state index is 12.0. The number of nitrogen functional groups attached to an aromatic ring is 1. The quantitative estimate of drug-likeness (QED) is 0.441. The van der Waals surface area contributed by atoms with Crippen LogP contribution in [0.1, 0.15) is 41.5 Å². The van der Waals surface area contributed by atoms with Crippen LogP contribution in [0.3, 0.4) is 0 Å². The minimum absolute atomic E-state index is 0.0606. The molecule has 0 aromatic carbocycles. The monoisotopic (exact) mass is 354 g/mol. The van der Waals surface area contributed by atoms with Gasteiger partial charge in [-0.2, -0.15) is 0 Å². The van der Waals surface area contributed by atoms with Gasteiger partial charge in [-0.3, -0.25) is 9.59 Å². The van der Waals surface area contributed by atoms with Crippen LogP contribution in [0.2, 0.25) is 0 Å². The lowest BCUT2D eigenvalue weighted by Gasteiger charge is -2.03. The topological polar surface area (TPSA) is 116 Å². The number of nitrogens with one attached hydrogen (secondary N) is 1. The summed E-state index contributed by atoms with van der Waals surface area (Å²) < 4.78 is 1.41. The molecule has 8 nitrogen and oxygen atoms in total. The molecule has 0 saturated heterocycles. The Balaban J connectivity index is 1.93. The molecule has 23 heavy (non-hydrogen) atoms. The van der Waals surface area contributed by atoms with Crippen molar-refractivity contribution in [3.63, 3.8) is 0 Å². The van der Waals surface area contributed by atoms with Crippen LogP contribution in [0.5, 0.6) is 0 Å². The first-order chi connectivity index (χ1) is 10.9. The summed E-state index contributed by atoms with van der Waals surface area (Å²) in [7, 11) is 0. The molecular weight excluding hydrogens is 336 g/mol. The molecule has 3 N–H and O–H groups in total. The normalized spacial score (nSPS) is 10.7. The molecule has 0 saturated carbocycles. The molecule has 0 unspecified atom stereocenters. The highest BCUT2D eigenvalue weighted by atomic mass is 32.2. The van der Waals surface area contributed by atoms with Crippen LogP contribution in [0.15, 0.2) is 5.16 Å². The van der Waals surface area contributed by atoms with Gasteiger partial charge in [-0.1, -0.05) is 30.0 Å². The highest BCUT2D eigenvalue weighted by Gasteiger charge is 2.15.